The van der Waals surface area contributed by atoms with Gasteiger partial charge in [-0.05, 0) is 35.7 Å². The molecular formula is C24H16F2N2O5S2. The zero-order valence-electron chi connectivity index (χ0n) is 18.2. The number of thiophene rings is 1. The number of aliphatic hydroxyl groups is 1. The van der Waals surface area contributed by atoms with E-state index in [2.05, 4.69) is 4.98 Å². The highest BCUT2D eigenvalue weighted by Crippen LogP contribution is 2.46. The van der Waals surface area contributed by atoms with E-state index in [1.54, 1.807) is 23.6 Å². The fraction of sp³-hybridized carbons (Fsp3) is 0.125. The average molecular weight is 515 g/mol. The van der Waals surface area contributed by atoms with Crippen LogP contribution in [0.15, 0.2) is 53.4 Å². The first-order chi connectivity index (χ1) is 16.8. The van der Waals surface area contributed by atoms with Crippen LogP contribution in [0.4, 0.5) is 13.9 Å². The molecule has 5 rings (SSSR count). The summed E-state index contributed by atoms with van der Waals surface area (Å²) in [7, 11) is 2.90. The lowest BCUT2D eigenvalue weighted by Crippen LogP contribution is -2.28. The molecule has 0 bridgehead atoms. The smallest absolute Gasteiger partial charge is 0.301 e. The topological polar surface area (TPSA) is 89.0 Å². The largest absolute Gasteiger partial charge is 0.507 e. The van der Waals surface area contributed by atoms with Gasteiger partial charge >= 0.3 is 5.91 Å². The Morgan fingerprint density at radius 2 is 1.86 bits per heavy atom. The number of ether oxygens (including phenoxy) is 2. The van der Waals surface area contributed by atoms with Gasteiger partial charge in [0.1, 0.15) is 23.1 Å². The van der Waals surface area contributed by atoms with E-state index in [-0.39, 0.29) is 26.5 Å². The monoisotopic (exact) mass is 514 g/mol. The number of carbonyl (C=O) groups is 2. The van der Waals surface area contributed by atoms with Crippen LogP contribution in [0, 0.1) is 11.6 Å². The number of ketones is 1. The Kier molecular flexibility index (Phi) is 5.73. The van der Waals surface area contributed by atoms with E-state index in [1.807, 2.05) is 0 Å². The van der Waals surface area contributed by atoms with E-state index in [0.29, 0.717) is 22.4 Å². The quantitative estimate of drug-likeness (QED) is 0.222. The SMILES string of the molecule is COc1ccc(/C(O)=C2\C(=O)C(=O)N(c3nc4c(F)cc(F)cc4s3)C2c2cccs2)cc1OC. The first-order valence-electron chi connectivity index (χ1n) is 10.2. The van der Waals surface area contributed by atoms with Gasteiger partial charge < -0.3 is 14.6 Å². The number of aromatic nitrogens is 1. The van der Waals surface area contributed by atoms with Crippen molar-refractivity contribution in [1.82, 2.24) is 4.98 Å². The summed E-state index contributed by atoms with van der Waals surface area (Å²) in [6, 6.07) is 8.83. The van der Waals surface area contributed by atoms with E-state index in [4.69, 9.17) is 9.47 Å². The van der Waals surface area contributed by atoms with Crippen LogP contribution < -0.4 is 14.4 Å². The number of thiazole rings is 1. The number of nitrogens with zero attached hydrogens (tertiary/aromatic N) is 2. The Hall–Kier alpha value is -3.83. The number of anilines is 1. The van der Waals surface area contributed by atoms with Crippen LogP contribution in [0.1, 0.15) is 16.5 Å². The van der Waals surface area contributed by atoms with Gasteiger partial charge in [0, 0.05) is 16.5 Å². The first kappa shape index (κ1) is 22.9. The molecule has 1 aliphatic heterocycles. The lowest BCUT2D eigenvalue weighted by atomic mass is 9.99. The summed E-state index contributed by atoms with van der Waals surface area (Å²) < 4.78 is 38.8. The molecule has 1 fully saturated rings. The summed E-state index contributed by atoms with van der Waals surface area (Å²) in [4.78, 5) is 32.3. The minimum absolute atomic E-state index is 0.0105. The Bertz CT molecular complexity index is 1510. The Balaban J connectivity index is 1.71. The summed E-state index contributed by atoms with van der Waals surface area (Å²) >= 11 is 2.15. The van der Waals surface area contributed by atoms with Gasteiger partial charge in [0.2, 0.25) is 0 Å². The highest BCUT2D eigenvalue weighted by atomic mass is 32.1. The van der Waals surface area contributed by atoms with E-state index < -0.39 is 35.1 Å². The number of aliphatic hydroxyl groups excluding tert-OH is 1. The molecule has 4 aromatic rings. The Morgan fingerprint density at radius 3 is 2.54 bits per heavy atom. The van der Waals surface area contributed by atoms with Crippen molar-refractivity contribution in [1.29, 1.82) is 0 Å². The van der Waals surface area contributed by atoms with Crippen LogP contribution >= 0.6 is 22.7 Å². The number of methoxy groups -OCH3 is 2. The molecule has 0 spiro atoms. The summed E-state index contributed by atoms with van der Waals surface area (Å²) in [5.74, 6) is -3.20. The molecule has 7 nitrogen and oxygen atoms in total. The van der Waals surface area contributed by atoms with E-state index in [0.717, 1.165) is 22.3 Å². The first-order valence-corrected chi connectivity index (χ1v) is 11.9. The molecule has 35 heavy (non-hydrogen) atoms. The van der Waals surface area contributed by atoms with Gasteiger partial charge in [0.05, 0.1) is 24.5 Å². The molecule has 1 N–H and O–H groups in total. The molecule has 178 valence electrons. The fourth-order valence-corrected chi connectivity index (χ4v) is 5.79. The molecule has 2 aromatic carbocycles. The van der Waals surface area contributed by atoms with Crippen molar-refractivity contribution in [3.05, 3.63) is 75.5 Å². The third kappa shape index (κ3) is 3.72. The van der Waals surface area contributed by atoms with Crippen LogP contribution in [0.25, 0.3) is 16.0 Å². The van der Waals surface area contributed by atoms with Gasteiger partial charge in [0.15, 0.2) is 22.4 Å². The van der Waals surface area contributed by atoms with Crippen LogP contribution in [-0.4, -0.2) is 36.0 Å². The highest BCUT2D eigenvalue weighted by molar-refractivity contribution is 7.22. The maximum absolute atomic E-state index is 14.3. The van der Waals surface area contributed by atoms with Crippen molar-refractivity contribution in [3.8, 4) is 11.5 Å². The number of rotatable bonds is 5. The molecule has 1 saturated heterocycles. The van der Waals surface area contributed by atoms with Gasteiger partial charge in [-0.2, -0.15) is 0 Å². The molecular weight excluding hydrogens is 498 g/mol. The number of carbonyl (C=O) groups excluding carboxylic acids is 2. The Morgan fingerprint density at radius 1 is 1.09 bits per heavy atom. The normalized spacial score (nSPS) is 17.4. The maximum Gasteiger partial charge on any atom is 0.301 e. The molecule has 0 radical (unpaired) electrons. The second-order valence-corrected chi connectivity index (χ2v) is 9.47. The van der Waals surface area contributed by atoms with E-state index >= 15 is 0 Å². The summed E-state index contributed by atoms with van der Waals surface area (Å²) in [5.41, 5.74) is -0.0340. The third-order valence-electron chi connectivity index (χ3n) is 5.52. The van der Waals surface area contributed by atoms with Crippen LogP contribution in [0.3, 0.4) is 0 Å². The number of halogens is 2. The van der Waals surface area contributed by atoms with Crippen molar-refractivity contribution in [2.45, 2.75) is 6.04 Å². The maximum atomic E-state index is 14.3. The zero-order valence-corrected chi connectivity index (χ0v) is 19.9. The number of Topliss-reactive ketones (excluding diaryl/α,β-unsaturated/α-hetero) is 1. The van der Waals surface area contributed by atoms with Gasteiger partial charge in [-0.1, -0.05) is 17.4 Å². The lowest BCUT2D eigenvalue weighted by Gasteiger charge is -2.21. The van der Waals surface area contributed by atoms with Crippen LogP contribution in [0.5, 0.6) is 11.5 Å². The van der Waals surface area contributed by atoms with Crippen LogP contribution in [0.2, 0.25) is 0 Å². The second kappa shape index (κ2) is 8.75. The number of fused-ring (bicyclic) bond motifs is 1. The minimum Gasteiger partial charge on any atom is -0.507 e. The summed E-state index contributed by atoms with van der Waals surface area (Å²) in [5, 5.41) is 13.0. The summed E-state index contributed by atoms with van der Waals surface area (Å²) in [6.45, 7) is 0. The Labute approximate surface area is 205 Å². The molecule has 0 saturated carbocycles. The number of hydrogen-bond acceptors (Lipinski definition) is 8. The highest BCUT2D eigenvalue weighted by Gasteiger charge is 2.48. The molecule has 1 amide bonds. The number of benzene rings is 2. The number of amides is 1. The van der Waals surface area contributed by atoms with Crippen molar-refractivity contribution < 1.29 is 33.0 Å². The molecule has 3 heterocycles. The van der Waals surface area contributed by atoms with Crippen LogP contribution in [-0.2, 0) is 9.59 Å². The van der Waals surface area contributed by atoms with Crippen molar-refractivity contribution in [3.63, 3.8) is 0 Å². The predicted octanol–water partition coefficient (Wildman–Crippen LogP) is 5.28. The van der Waals surface area contributed by atoms with E-state index in [1.165, 1.54) is 37.7 Å². The van der Waals surface area contributed by atoms with E-state index in [9.17, 15) is 23.5 Å². The third-order valence-corrected chi connectivity index (χ3v) is 7.45. The van der Waals surface area contributed by atoms with Gasteiger partial charge in [0.25, 0.3) is 5.78 Å². The standard InChI is InChI=1S/C24H16F2N2O5S2/c1-32-14-6-5-11(8-15(14)33-2)21(29)18-20(16-4-3-7-34-16)28(23(31)22(18)30)24-27-19-13(26)9-12(25)10-17(19)35-24/h3-10,20,29H,1-2H3/b21-18+. The van der Waals surface area contributed by atoms with Gasteiger partial charge in [-0.15, -0.1) is 11.3 Å². The predicted molar refractivity (Wildman–Crippen MR) is 128 cm³/mol. The molecule has 11 heteroatoms. The molecule has 0 aliphatic carbocycles. The van der Waals surface area contributed by atoms with Gasteiger partial charge in [-0.25, -0.2) is 13.8 Å². The molecule has 1 aliphatic rings. The average Bonchev–Trinajstić information content (AvgIpc) is 3.57. The summed E-state index contributed by atoms with van der Waals surface area (Å²) in [6.07, 6.45) is 0. The molecule has 1 atom stereocenters. The van der Waals surface area contributed by atoms with Crippen molar-refractivity contribution in [2.24, 2.45) is 0 Å². The van der Waals surface area contributed by atoms with Crippen molar-refractivity contribution in [2.75, 3.05) is 19.1 Å². The number of hydrogen-bond donors (Lipinski definition) is 1. The van der Waals surface area contributed by atoms with Crippen molar-refractivity contribution >= 4 is 55.5 Å². The zero-order chi connectivity index (χ0) is 24.9. The fourth-order valence-electron chi connectivity index (χ4n) is 3.93. The molecule has 1 unspecified atom stereocenters. The second-order valence-electron chi connectivity index (χ2n) is 7.49. The minimum atomic E-state index is -1.02. The lowest BCUT2D eigenvalue weighted by molar-refractivity contribution is -0.132. The van der Waals surface area contributed by atoms with Gasteiger partial charge in [-0.3, -0.25) is 14.5 Å². The molecule has 2 aromatic heterocycles.